The van der Waals surface area contributed by atoms with Crippen LogP contribution in [0.5, 0.6) is 5.75 Å². The van der Waals surface area contributed by atoms with E-state index in [0.717, 1.165) is 21.4 Å². The first-order valence-corrected chi connectivity index (χ1v) is 9.18. The topological polar surface area (TPSA) is 63.8 Å². The lowest BCUT2D eigenvalue weighted by molar-refractivity contribution is -0.123. The summed E-state index contributed by atoms with van der Waals surface area (Å²) in [5.41, 5.74) is 5.67. The van der Waals surface area contributed by atoms with Gasteiger partial charge in [-0.05, 0) is 61.4 Å². The molecule has 0 unspecified atom stereocenters. The molecule has 0 aliphatic heterocycles. The van der Waals surface area contributed by atoms with E-state index >= 15 is 0 Å². The van der Waals surface area contributed by atoms with Gasteiger partial charge in [-0.3, -0.25) is 4.79 Å². The number of amides is 1. The van der Waals surface area contributed by atoms with Gasteiger partial charge in [-0.2, -0.15) is 5.10 Å². The molecule has 0 saturated carbocycles. The number of hydrogen-bond donors (Lipinski definition) is 1. The van der Waals surface area contributed by atoms with E-state index in [-0.39, 0.29) is 12.5 Å². The van der Waals surface area contributed by atoms with Gasteiger partial charge in [0.2, 0.25) is 0 Å². The van der Waals surface area contributed by atoms with Gasteiger partial charge in [0.15, 0.2) is 6.61 Å². The van der Waals surface area contributed by atoms with Crippen LogP contribution in [0, 0.1) is 13.8 Å². The SMILES string of the molecule is Cc1ccc(OCC(=O)NN=Cc2ccc(-c3cccc(Br)c3)o2)cc1C. The largest absolute Gasteiger partial charge is 0.484 e. The Morgan fingerprint density at radius 1 is 1.15 bits per heavy atom. The van der Waals surface area contributed by atoms with Crippen molar-refractivity contribution in [2.24, 2.45) is 5.10 Å². The summed E-state index contributed by atoms with van der Waals surface area (Å²) in [6.45, 7) is 3.91. The number of furan rings is 1. The van der Waals surface area contributed by atoms with Crippen LogP contribution < -0.4 is 10.2 Å². The zero-order valence-corrected chi connectivity index (χ0v) is 16.6. The van der Waals surface area contributed by atoms with Gasteiger partial charge in [0.25, 0.3) is 5.91 Å². The molecule has 1 amide bonds. The van der Waals surface area contributed by atoms with Gasteiger partial charge in [0.05, 0.1) is 6.21 Å². The second kappa shape index (κ2) is 8.68. The van der Waals surface area contributed by atoms with Crippen LogP contribution in [0.15, 0.2) is 68.6 Å². The highest BCUT2D eigenvalue weighted by atomic mass is 79.9. The van der Waals surface area contributed by atoms with E-state index in [0.29, 0.717) is 11.5 Å². The quantitative estimate of drug-likeness (QED) is 0.452. The number of halogens is 1. The highest BCUT2D eigenvalue weighted by molar-refractivity contribution is 9.10. The summed E-state index contributed by atoms with van der Waals surface area (Å²) in [5, 5.41) is 3.90. The van der Waals surface area contributed by atoms with Gasteiger partial charge in [0, 0.05) is 10.0 Å². The average Bonchev–Trinajstić information content (AvgIpc) is 3.12. The molecule has 0 saturated heterocycles. The van der Waals surface area contributed by atoms with E-state index in [1.54, 1.807) is 6.07 Å². The van der Waals surface area contributed by atoms with Gasteiger partial charge in [-0.25, -0.2) is 5.43 Å². The lowest BCUT2D eigenvalue weighted by atomic mass is 10.1. The maximum Gasteiger partial charge on any atom is 0.277 e. The van der Waals surface area contributed by atoms with E-state index in [1.807, 2.05) is 62.4 Å². The van der Waals surface area contributed by atoms with Crippen LogP contribution >= 0.6 is 15.9 Å². The molecule has 27 heavy (non-hydrogen) atoms. The maximum absolute atomic E-state index is 11.8. The van der Waals surface area contributed by atoms with Crippen molar-refractivity contribution in [2.75, 3.05) is 6.61 Å². The fourth-order valence-corrected chi connectivity index (χ4v) is 2.77. The van der Waals surface area contributed by atoms with Crippen molar-refractivity contribution >= 4 is 28.1 Å². The minimum Gasteiger partial charge on any atom is -0.484 e. The van der Waals surface area contributed by atoms with Crippen LogP contribution in [0.3, 0.4) is 0 Å². The fourth-order valence-electron chi connectivity index (χ4n) is 2.37. The van der Waals surface area contributed by atoms with E-state index < -0.39 is 0 Å². The average molecular weight is 427 g/mol. The molecule has 3 rings (SSSR count). The molecule has 138 valence electrons. The first-order chi connectivity index (χ1) is 13.0. The number of nitrogens with one attached hydrogen (secondary N) is 1. The Kier molecular flexibility index (Phi) is 6.08. The van der Waals surface area contributed by atoms with E-state index in [2.05, 4.69) is 26.5 Å². The molecule has 0 radical (unpaired) electrons. The van der Waals surface area contributed by atoms with Crippen molar-refractivity contribution in [1.29, 1.82) is 0 Å². The van der Waals surface area contributed by atoms with Crippen LogP contribution in [-0.2, 0) is 4.79 Å². The molecular weight excluding hydrogens is 408 g/mol. The summed E-state index contributed by atoms with van der Waals surface area (Å²) in [4.78, 5) is 11.8. The van der Waals surface area contributed by atoms with Gasteiger partial charge in [-0.15, -0.1) is 0 Å². The molecule has 0 atom stereocenters. The molecular formula is C21H19BrN2O3. The predicted octanol–water partition coefficient (Wildman–Crippen LogP) is 4.86. The molecule has 0 aliphatic carbocycles. The second-order valence-electron chi connectivity index (χ2n) is 6.04. The first-order valence-electron chi connectivity index (χ1n) is 8.39. The van der Waals surface area contributed by atoms with Crippen LogP contribution in [0.25, 0.3) is 11.3 Å². The smallest absolute Gasteiger partial charge is 0.277 e. The molecule has 6 heteroatoms. The maximum atomic E-state index is 11.8. The third-order valence-electron chi connectivity index (χ3n) is 3.97. The number of carbonyl (C=O) groups is 1. The Balaban J connectivity index is 1.51. The third-order valence-corrected chi connectivity index (χ3v) is 4.46. The van der Waals surface area contributed by atoms with Gasteiger partial charge < -0.3 is 9.15 Å². The summed E-state index contributed by atoms with van der Waals surface area (Å²) < 4.78 is 12.1. The van der Waals surface area contributed by atoms with E-state index in [1.165, 1.54) is 11.8 Å². The van der Waals surface area contributed by atoms with Gasteiger partial charge in [0.1, 0.15) is 17.3 Å². The monoisotopic (exact) mass is 426 g/mol. The molecule has 1 heterocycles. The number of nitrogens with zero attached hydrogens (tertiary/aromatic N) is 1. The number of aryl methyl sites for hydroxylation is 2. The van der Waals surface area contributed by atoms with Crippen LogP contribution in [0.1, 0.15) is 16.9 Å². The Labute approximate surface area is 166 Å². The number of carbonyl (C=O) groups excluding carboxylic acids is 1. The molecule has 5 nitrogen and oxygen atoms in total. The first kappa shape index (κ1) is 18.9. The number of rotatable bonds is 6. The molecule has 0 spiro atoms. The van der Waals surface area contributed by atoms with E-state index in [9.17, 15) is 4.79 Å². The fraction of sp³-hybridized carbons (Fsp3) is 0.143. The van der Waals surface area contributed by atoms with E-state index in [4.69, 9.17) is 9.15 Å². The zero-order chi connectivity index (χ0) is 19.2. The number of hydrogen-bond acceptors (Lipinski definition) is 4. The van der Waals surface area contributed by atoms with Crippen molar-refractivity contribution in [3.05, 3.63) is 76.0 Å². The zero-order valence-electron chi connectivity index (χ0n) is 15.0. The molecule has 3 aromatic rings. The Morgan fingerprint density at radius 2 is 2.00 bits per heavy atom. The normalized spacial score (nSPS) is 10.9. The minimum absolute atomic E-state index is 0.110. The number of hydrazone groups is 1. The lowest BCUT2D eigenvalue weighted by Gasteiger charge is -2.07. The summed E-state index contributed by atoms with van der Waals surface area (Å²) in [6, 6.07) is 17.1. The highest BCUT2D eigenvalue weighted by Crippen LogP contribution is 2.24. The molecule has 0 aliphatic rings. The minimum atomic E-state index is -0.344. The standard InChI is InChI=1S/C21H19BrN2O3/c1-14-6-7-18(10-15(14)2)26-13-21(25)24-23-12-19-8-9-20(27-19)16-4-3-5-17(22)11-16/h3-12H,13H2,1-2H3,(H,24,25). The van der Waals surface area contributed by atoms with Gasteiger partial charge >= 0.3 is 0 Å². The van der Waals surface area contributed by atoms with Crippen LogP contribution in [0.2, 0.25) is 0 Å². The van der Waals surface area contributed by atoms with Crippen molar-refractivity contribution in [1.82, 2.24) is 5.43 Å². The molecule has 1 N–H and O–H groups in total. The van der Waals surface area contributed by atoms with Crippen LogP contribution in [-0.4, -0.2) is 18.7 Å². The van der Waals surface area contributed by atoms with Crippen LogP contribution in [0.4, 0.5) is 0 Å². The predicted molar refractivity (Wildman–Crippen MR) is 109 cm³/mol. The molecule has 2 aromatic carbocycles. The van der Waals surface area contributed by atoms with Crippen molar-refractivity contribution in [3.63, 3.8) is 0 Å². The Bertz CT molecular complexity index is 979. The molecule has 1 aromatic heterocycles. The van der Waals surface area contributed by atoms with Gasteiger partial charge in [-0.1, -0.05) is 34.1 Å². The summed E-state index contributed by atoms with van der Waals surface area (Å²) >= 11 is 3.44. The van der Waals surface area contributed by atoms with Crippen molar-refractivity contribution in [2.45, 2.75) is 13.8 Å². The third kappa shape index (κ3) is 5.31. The second-order valence-corrected chi connectivity index (χ2v) is 6.96. The summed E-state index contributed by atoms with van der Waals surface area (Å²) in [6.07, 6.45) is 1.45. The van der Waals surface area contributed by atoms with Crippen molar-refractivity contribution in [3.8, 4) is 17.1 Å². The Morgan fingerprint density at radius 3 is 2.78 bits per heavy atom. The molecule has 0 fully saturated rings. The number of ether oxygens (including phenoxy) is 1. The molecule has 0 bridgehead atoms. The Hall–Kier alpha value is -2.86. The summed E-state index contributed by atoms with van der Waals surface area (Å²) in [5.74, 6) is 1.58. The number of benzene rings is 2. The highest BCUT2D eigenvalue weighted by Gasteiger charge is 2.05. The van der Waals surface area contributed by atoms with Crippen molar-refractivity contribution < 1.29 is 13.9 Å². The summed E-state index contributed by atoms with van der Waals surface area (Å²) in [7, 11) is 0. The lowest BCUT2D eigenvalue weighted by Crippen LogP contribution is -2.24.